The number of carboxylic acid groups (broad SMARTS) is 1. The number of hydrogen-bond donors (Lipinski definition) is 2. The first-order valence-electron chi connectivity index (χ1n) is 5.98. The van der Waals surface area contributed by atoms with E-state index < -0.39 is 5.97 Å². The van der Waals surface area contributed by atoms with E-state index in [0.29, 0.717) is 18.8 Å². The Labute approximate surface area is 109 Å². The normalized spacial score (nSPS) is 14.2. The maximum atomic E-state index is 11.3. The fourth-order valence-corrected chi connectivity index (χ4v) is 2.20. The van der Waals surface area contributed by atoms with Gasteiger partial charge in [0.05, 0.1) is 17.5 Å². The Morgan fingerprint density at radius 1 is 1.47 bits per heavy atom. The average molecular weight is 259 g/mol. The second kappa shape index (κ2) is 4.43. The van der Waals surface area contributed by atoms with E-state index in [1.54, 1.807) is 24.1 Å². The van der Waals surface area contributed by atoms with Gasteiger partial charge in [0.25, 0.3) is 0 Å². The van der Waals surface area contributed by atoms with Crippen LogP contribution >= 0.6 is 0 Å². The van der Waals surface area contributed by atoms with E-state index >= 15 is 0 Å². The quantitative estimate of drug-likeness (QED) is 0.801. The second-order valence-electron chi connectivity index (χ2n) is 4.46. The fourth-order valence-electron chi connectivity index (χ4n) is 2.20. The van der Waals surface area contributed by atoms with Crippen LogP contribution in [0, 0.1) is 0 Å². The number of aromatic nitrogens is 4. The number of nitrogens with one attached hydrogen (secondary N) is 1. The zero-order chi connectivity index (χ0) is 13.4. The summed E-state index contributed by atoms with van der Waals surface area (Å²) < 4.78 is 1.64. The maximum Gasteiger partial charge on any atom is 0.354 e. The van der Waals surface area contributed by atoms with Gasteiger partial charge >= 0.3 is 5.97 Å². The first-order valence-corrected chi connectivity index (χ1v) is 5.98. The summed E-state index contributed by atoms with van der Waals surface area (Å²) in [6.45, 7) is 1.33. The predicted octanol–water partition coefficient (Wildman–Crippen LogP) is 0.221. The van der Waals surface area contributed by atoms with Crippen molar-refractivity contribution < 1.29 is 9.90 Å². The highest BCUT2D eigenvalue weighted by Crippen LogP contribution is 2.21. The highest BCUT2D eigenvalue weighted by Gasteiger charge is 2.22. The summed E-state index contributed by atoms with van der Waals surface area (Å²) in [5, 5.41) is 16.5. The monoisotopic (exact) mass is 259 g/mol. The van der Waals surface area contributed by atoms with Crippen molar-refractivity contribution in [1.29, 1.82) is 0 Å². The zero-order valence-corrected chi connectivity index (χ0v) is 10.4. The van der Waals surface area contributed by atoms with Crippen LogP contribution in [0.5, 0.6) is 0 Å². The van der Waals surface area contributed by atoms with Crippen molar-refractivity contribution in [3.63, 3.8) is 0 Å². The molecule has 7 heteroatoms. The first kappa shape index (κ1) is 11.8. The molecular weight excluding hydrogens is 246 g/mol. The zero-order valence-electron chi connectivity index (χ0n) is 10.4. The molecule has 0 unspecified atom stereocenters. The molecule has 1 aliphatic heterocycles. The lowest BCUT2D eigenvalue weighted by Gasteiger charge is -2.18. The van der Waals surface area contributed by atoms with Gasteiger partial charge in [0.15, 0.2) is 11.5 Å². The van der Waals surface area contributed by atoms with E-state index in [4.69, 9.17) is 0 Å². The minimum Gasteiger partial charge on any atom is -0.476 e. The Morgan fingerprint density at radius 2 is 2.32 bits per heavy atom. The van der Waals surface area contributed by atoms with E-state index in [1.165, 1.54) is 0 Å². The van der Waals surface area contributed by atoms with Crippen molar-refractivity contribution in [2.75, 3.05) is 6.54 Å². The van der Waals surface area contributed by atoms with Crippen molar-refractivity contribution in [1.82, 2.24) is 25.1 Å². The number of carbonyl (C=O) groups is 1. The molecule has 0 aromatic carbocycles. The molecule has 0 spiro atoms. The molecule has 2 N–H and O–H groups in total. The van der Waals surface area contributed by atoms with Gasteiger partial charge in [-0.25, -0.2) is 14.8 Å². The van der Waals surface area contributed by atoms with E-state index in [2.05, 4.69) is 20.4 Å². The number of aryl methyl sites for hydroxylation is 1. The second-order valence-corrected chi connectivity index (χ2v) is 4.46. The fraction of sp³-hybridized carbons (Fsp3) is 0.333. The van der Waals surface area contributed by atoms with E-state index in [9.17, 15) is 9.90 Å². The van der Waals surface area contributed by atoms with Crippen molar-refractivity contribution in [3.05, 3.63) is 29.3 Å². The third-order valence-electron chi connectivity index (χ3n) is 3.10. The van der Waals surface area contributed by atoms with E-state index in [-0.39, 0.29) is 5.69 Å². The van der Waals surface area contributed by atoms with Crippen LogP contribution < -0.4 is 5.32 Å². The van der Waals surface area contributed by atoms with Crippen LogP contribution in [0.4, 0.5) is 0 Å². The van der Waals surface area contributed by atoms with E-state index in [1.807, 2.05) is 0 Å². The predicted molar refractivity (Wildman–Crippen MR) is 66.6 cm³/mol. The Morgan fingerprint density at radius 3 is 3.00 bits per heavy atom. The van der Waals surface area contributed by atoms with Gasteiger partial charge in [-0.05, 0) is 13.0 Å². The lowest BCUT2D eigenvalue weighted by molar-refractivity contribution is 0.0688. The average Bonchev–Trinajstić information content (AvgIpc) is 2.84. The SMILES string of the molecule is Cn1cc(-c2nc3c(c(C(=O)O)n2)CCNC3)cn1. The summed E-state index contributed by atoms with van der Waals surface area (Å²) in [4.78, 5) is 20.0. The third kappa shape index (κ3) is 2.08. The van der Waals surface area contributed by atoms with Crippen LogP contribution in [-0.2, 0) is 20.0 Å². The van der Waals surface area contributed by atoms with Gasteiger partial charge < -0.3 is 10.4 Å². The van der Waals surface area contributed by atoms with Gasteiger partial charge in [0.1, 0.15) is 0 Å². The van der Waals surface area contributed by atoms with Gasteiger partial charge in [-0.15, -0.1) is 0 Å². The Bertz CT molecular complexity index is 650. The summed E-state index contributed by atoms with van der Waals surface area (Å²) in [7, 11) is 1.79. The van der Waals surface area contributed by atoms with Crippen LogP contribution in [0.3, 0.4) is 0 Å². The molecule has 0 saturated heterocycles. The number of rotatable bonds is 2. The van der Waals surface area contributed by atoms with Gasteiger partial charge in [0, 0.05) is 25.4 Å². The van der Waals surface area contributed by atoms with Crippen molar-refractivity contribution in [2.45, 2.75) is 13.0 Å². The molecule has 0 aliphatic carbocycles. The molecule has 98 valence electrons. The van der Waals surface area contributed by atoms with Crippen molar-refractivity contribution in [2.24, 2.45) is 7.05 Å². The van der Waals surface area contributed by atoms with Gasteiger partial charge in [-0.2, -0.15) is 5.10 Å². The largest absolute Gasteiger partial charge is 0.476 e. The van der Waals surface area contributed by atoms with Crippen LogP contribution in [-0.4, -0.2) is 37.4 Å². The molecule has 3 rings (SSSR count). The molecule has 0 saturated carbocycles. The molecule has 0 radical (unpaired) electrons. The molecule has 0 amide bonds. The highest BCUT2D eigenvalue weighted by molar-refractivity contribution is 5.88. The van der Waals surface area contributed by atoms with E-state index in [0.717, 1.165) is 23.4 Å². The highest BCUT2D eigenvalue weighted by atomic mass is 16.4. The standard InChI is InChI=1S/C12H13N5O2/c1-17-6-7(4-14-17)11-15-9-5-13-3-2-8(9)10(16-11)12(18)19/h4,6,13H,2-3,5H2,1H3,(H,18,19). The van der Waals surface area contributed by atoms with Crippen LogP contribution in [0.25, 0.3) is 11.4 Å². The lowest BCUT2D eigenvalue weighted by atomic mass is 10.0. The Balaban J connectivity index is 2.16. The minimum absolute atomic E-state index is 0.102. The topological polar surface area (TPSA) is 92.9 Å². The Kier molecular flexibility index (Phi) is 2.75. The van der Waals surface area contributed by atoms with Gasteiger partial charge in [0.2, 0.25) is 0 Å². The smallest absolute Gasteiger partial charge is 0.354 e. The molecule has 2 aromatic heterocycles. The van der Waals surface area contributed by atoms with Crippen molar-refractivity contribution >= 4 is 5.97 Å². The summed E-state index contributed by atoms with van der Waals surface area (Å²) in [5.74, 6) is -0.598. The number of nitrogens with zero attached hydrogens (tertiary/aromatic N) is 4. The summed E-state index contributed by atoms with van der Waals surface area (Å²) in [5.41, 5.74) is 2.32. The molecule has 7 nitrogen and oxygen atoms in total. The molecule has 0 bridgehead atoms. The number of aromatic carboxylic acids is 1. The Hall–Kier alpha value is -2.28. The summed E-state index contributed by atoms with van der Waals surface area (Å²) in [6.07, 6.45) is 4.04. The summed E-state index contributed by atoms with van der Waals surface area (Å²) in [6, 6.07) is 0. The molecule has 1 aliphatic rings. The van der Waals surface area contributed by atoms with Crippen LogP contribution in [0.15, 0.2) is 12.4 Å². The molecule has 19 heavy (non-hydrogen) atoms. The molecule has 3 heterocycles. The van der Waals surface area contributed by atoms with Gasteiger partial charge in [-0.1, -0.05) is 0 Å². The van der Waals surface area contributed by atoms with Crippen LogP contribution in [0.1, 0.15) is 21.7 Å². The molecule has 0 atom stereocenters. The number of fused-ring (bicyclic) bond motifs is 1. The van der Waals surface area contributed by atoms with Gasteiger partial charge in [-0.3, -0.25) is 4.68 Å². The lowest BCUT2D eigenvalue weighted by Crippen LogP contribution is -2.27. The van der Waals surface area contributed by atoms with Crippen LogP contribution in [0.2, 0.25) is 0 Å². The number of carboxylic acids is 1. The van der Waals surface area contributed by atoms with Crippen molar-refractivity contribution in [3.8, 4) is 11.4 Å². The number of hydrogen-bond acceptors (Lipinski definition) is 5. The molecule has 0 fully saturated rings. The molecule has 2 aromatic rings. The first-order chi connectivity index (χ1) is 9.15. The molecular formula is C12H13N5O2. The summed E-state index contributed by atoms with van der Waals surface area (Å²) >= 11 is 0. The third-order valence-corrected chi connectivity index (χ3v) is 3.10. The minimum atomic E-state index is -1.01. The maximum absolute atomic E-state index is 11.3.